The minimum Gasteiger partial charge on any atom is -0.464 e. The van der Waals surface area contributed by atoms with Gasteiger partial charge in [0.1, 0.15) is 18.0 Å². The van der Waals surface area contributed by atoms with Gasteiger partial charge in [0.2, 0.25) is 11.7 Å². The van der Waals surface area contributed by atoms with Crippen LogP contribution in [-0.4, -0.2) is 95.4 Å². The molecule has 2 N–H and O–H groups in total. The minimum atomic E-state index is -1.63. The first-order chi connectivity index (χ1) is 26.8. The van der Waals surface area contributed by atoms with Crippen molar-refractivity contribution < 1.29 is 67.1 Å². The van der Waals surface area contributed by atoms with Crippen LogP contribution in [0.3, 0.4) is 0 Å². The highest BCUT2D eigenvalue weighted by Gasteiger charge is 2.77. The smallest absolute Gasteiger partial charge is 0.464 e. The van der Waals surface area contributed by atoms with Crippen LogP contribution < -0.4 is 10.1 Å². The molecule has 4 fully saturated rings. The maximum absolute atomic E-state index is 15.9. The number of esters is 1. The van der Waals surface area contributed by atoms with Gasteiger partial charge in [0.15, 0.2) is 23.8 Å². The van der Waals surface area contributed by atoms with Gasteiger partial charge in [-0.05, 0) is 93.2 Å². The molecule has 17 heteroatoms. The van der Waals surface area contributed by atoms with E-state index >= 15 is 4.39 Å². The number of ether oxygens (including phenoxy) is 5. The second-order valence-corrected chi connectivity index (χ2v) is 16.5. The number of Topliss-reactive ketones (excluding diaryl/α,β-unsaturated/α-hetero) is 1. The second kappa shape index (κ2) is 15.9. The second-order valence-electron chi connectivity index (χ2n) is 16.5. The largest absolute Gasteiger partial charge is 0.514 e. The van der Waals surface area contributed by atoms with E-state index in [0.717, 1.165) is 0 Å². The summed E-state index contributed by atoms with van der Waals surface area (Å²) in [5, 5.41) is 23.7. The number of aliphatic hydroxyl groups is 1. The van der Waals surface area contributed by atoms with Gasteiger partial charge in [0, 0.05) is 30.1 Å². The van der Waals surface area contributed by atoms with Crippen molar-refractivity contribution >= 4 is 29.6 Å². The van der Waals surface area contributed by atoms with Crippen molar-refractivity contribution in [3.63, 3.8) is 0 Å². The van der Waals surface area contributed by atoms with Crippen molar-refractivity contribution in [2.75, 3.05) is 19.8 Å². The van der Waals surface area contributed by atoms with Gasteiger partial charge in [-0.3, -0.25) is 14.4 Å². The quantitative estimate of drug-likeness (QED) is 0.0892. The molecule has 1 aliphatic heterocycles. The Bertz CT molecular complexity index is 1850. The van der Waals surface area contributed by atoms with Crippen molar-refractivity contribution in [3.05, 3.63) is 63.7 Å². The number of fused-ring (bicyclic) bond motifs is 7. The van der Waals surface area contributed by atoms with Crippen molar-refractivity contribution in [3.8, 4) is 5.75 Å². The number of benzene rings is 1. The summed E-state index contributed by atoms with van der Waals surface area (Å²) in [6, 6.07) is 4.98. The Balaban J connectivity index is 1.09. The zero-order chi connectivity index (χ0) is 41.5. The highest BCUT2D eigenvalue weighted by molar-refractivity contribution is 6.01. The maximum atomic E-state index is 15.9. The lowest BCUT2D eigenvalue weighted by atomic mass is 9.46. The number of rotatable bonds is 14. The number of amides is 1. The summed E-state index contributed by atoms with van der Waals surface area (Å²) in [7, 11) is 0. The standard InChI is InChI=1S/C40H49FN2O14/c1-22(44)42-30(35(48)52-14-6-7-15-54-43(50)51)16-23-8-10-25(11-9-23)55-36(49)53-21-32(47)40-33(56-37(2,3)57-40)19-27-26-18-29(41)28-17-24(45)12-13-38(28,4)34(26)31(46)20-39(27,40)5/h8-13,17,26-27,29-31,33-34,46H,6-7,14-16,18-21H2,1-5H3,(H,42,44)/t26-,27-,29-,30?,31-,33+,34+,38-,39-,40+/m0/s1. The van der Waals surface area contributed by atoms with Gasteiger partial charge in [0.05, 0.1) is 25.4 Å². The van der Waals surface area contributed by atoms with Crippen LogP contribution in [-0.2, 0) is 49.4 Å². The summed E-state index contributed by atoms with van der Waals surface area (Å²) < 4.78 is 44.7. The predicted molar refractivity (Wildman–Crippen MR) is 194 cm³/mol. The fourth-order valence-electron chi connectivity index (χ4n) is 10.3. The number of alkyl halides is 1. The third kappa shape index (κ3) is 8.06. The van der Waals surface area contributed by atoms with E-state index in [4.69, 9.17) is 23.7 Å². The summed E-state index contributed by atoms with van der Waals surface area (Å²) in [5.41, 5.74) is -2.61. The van der Waals surface area contributed by atoms with Crippen LogP contribution in [0.4, 0.5) is 9.18 Å². The van der Waals surface area contributed by atoms with E-state index in [1.165, 1.54) is 31.2 Å². The summed E-state index contributed by atoms with van der Waals surface area (Å²) in [5.74, 6) is -4.25. The van der Waals surface area contributed by atoms with E-state index < -0.39 is 88.1 Å². The van der Waals surface area contributed by atoms with E-state index in [-0.39, 0.29) is 62.3 Å². The van der Waals surface area contributed by atoms with Crippen molar-refractivity contribution in [2.24, 2.45) is 28.6 Å². The zero-order valence-electron chi connectivity index (χ0n) is 32.5. The molecule has 1 aromatic rings. The topological polar surface area (TPSA) is 216 Å². The van der Waals surface area contributed by atoms with Gasteiger partial charge in [-0.15, -0.1) is 10.1 Å². The van der Waals surface area contributed by atoms with E-state index in [0.29, 0.717) is 24.0 Å². The van der Waals surface area contributed by atoms with Gasteiger partial charge in [-0.25, -0.2) is 14.0 Å². The molecule has 0 radical (unpaired) electrons. The SMILES string of the molecule is CC(=O)NC(Cc1ccc(OC(=O)OCC(=O)[C@@]23OC(C)(C)O[C@@H]2C[C@H]2[C@@H]4C[C@H](F)C5=CC(=O)C=C[C@]5(C)[C@H]4[C@@H](O)C[C@@]23C)cc1)C(=O)OCCCCO[N+](=O)[O-]. The molecule has 0 bridgehead atoms. The summed E-state index contributed by atoms with van der Waals surface area (Å²) in [4.78, 5) is 78.4. The monoisotopic (exact) mass is 800 g/mol. The number of allylic oxidation sites excluding steroid dienone is 4. The molecule has 1 heterocycles. The predicted octanol–water partition coefficient (Wildman–Crippen LogP) is 4.08. The number of aliphatic hydroxyl groups excluding tert-OH is 1. The molecule has 57 heavy (non-hydrogen) atoms. The Hall–Kier alpha value is -4.74. The highest BCUT2D eigenvalue weighted by atomic mass is 19.1. The Labute approximate surface area is 328 Å². The molecule has 1 saturated heterocycles. The normalized spacial score (nSPS) is 33.7. The number of carbonyl (C=O) groups excluding carboxylic acids is 5. The first-order valence-electron chi connectivity index (χ1n) is 19.1. The Kier molecular flexibility index (Phi) is 11.7. The molecule has 0 spiro atoms. The van der Waals surface area contributed by atoms with Crippen LogP contribution in [0, 0.1) is 38.7 Å². The number of halogens is 1. The number of nitrogens with zero attached hydrogens (tertiary/aromatic N) is 1. The molecule has 5 aliphatic rings. The van der Waals surface area contributed by atoms with Crippen LogP contribution in [0.5, 0.6) is 5.75 Å². The molecular formula is C40H49FN2O14. The first-order valence-corrected chi connectivity index (χ1v) is 19.1. The van der Waals surface area contributed by atoms with Gasteiger partial charge in [-0.2, -0.15) is 0 Å². The van der Waals surface area contributed by atoms with E-state index in [2.05, 4.69) is 10.2 Å². The Morgan fingerprint density at radius 1 is 1.07 bits per heavy atom. The van der Waals surface area contributed by atoms with Gasteiger partial charge in [-0.1, -0.05) is 32.1 Å². The number of unbranched alkanes of at least 4 members (excludes halogenated alkanes) is 1. The van der Waals surface area contributed by atoms with E-state index in [9.17, 15) is 39.2 Å². The molecule has 6 rings (SSSR count). The molecule has 1 amide bonds. The maximum Gasteiger partial charge on any atom is 0.514 e. The number of hydrogen-bond donors (Lipinski definition) is 2. The molecule has 310 valence electrons. The lowest BCUT2D eigenvalue weighted by molar-refractivity contribution is -0.757. The number of ketones is 2. The first kappa shape index (κ1) is 41.9. The summed E-state index contributed by atoms with van der Waals surface area (Å²) in [6.07, 6.45) is 1.30. The third-order valence-electron chi connectivity index (χ3n) is 12.4. The number of hydrogen-bond acceptors (Lipinski definition) is 14. The summed E-state index contributed by atoms with van der Waals surface area (Å²) >= 11 is 0. The fourth-order valence-corrected chi connectivity index (χ4v) is 10.3. The lowest BCUT2D eigenvalue weighted by Crippen LogP contribution is -2.64. The zero-order valence-corrected chi connectivity index (χ0v) is 32.5. The van der Waals surface area contributed by atoms with E-state index in [1.54, 1.807) is 32.1 Å². The van der Waals surface area contributed by atoms with Crippen molar-refractivity contribution in [2.45, 2.75) is 109 Å². The van der Waals surface area contributed by atoms with Crippen LogP contribution in [0.15, 0.2) is 48.1 Å². The lowest BCUT2D eigenvalue weighted by Gasteiger charge is -2.60. The highest BCUT2D eigenvalue weighted by Crippen LogP contribution is 2.70. The van der Waals surface area contributed by atoms with Gasteiger partial charge in [0.25, 0.3) is 5.09 Å². The van der Waals surface area contributed by atoms with Crippen LogP contribution >= 0.6 is 0 Å². The minimum absolute atomic E-state index is 0.0334. The molecular weight excluding hydrogens is 751 g/mol. The van der Waals surface area contributed by atoms with Crippen LogP contribution in [0.2, 0.25) is 0 Å². The molecule has 3 saturated carbocycles. The van der Waals surface area contributed by atoms with Gasteiger partial charge >= 0.3 is 12.1 Å². The van der Waals surface area contributed by atoms with Crippen molar-refractivity contribution in [1.29, 1.82) is 0 Å². The fraction of sp³-hybridized carbons (Fsp3) is 0.625. The molecule has 4 aliphatic carbocycles. The molecule has 16 nitrogen and oxygen atoms in total. The summed E-state index contributed by atoms with van der Waals surface area (Å²) in [6.45, 7) is 7.41. The van der Waals surface area contributed by atoms with Crippen LogP contribution in [0.1, 0.15) is 72.3 Å². The van der Waals surface area contributed by atoms with Gasteiger partial charge < -0.3 is 38.9 Å². The third-order valence-corrected chi connectivity index (χ3v) is 12.4. The Morgan fingerprint density at radius 3 is 2.46 bits per heavy atom. The average molecular weight is 801 g/mol. The van der Waals surface area contributed by atoms with Crippen molar-refractivity contribution in [1.82, 2.24) is 5.32 Å². The van der Waals surface area contributed by atoms with Crippen LogP contribution in [0.25, 0.3) is 0 Å². The number of carbonyl (C=O) groups is 5. The van der Waals surface area contributed by atoms with E-state index in [1.807, 2.05) is 13.8 Å². The Morgan fingerprint density at radius 2 is 1.77 bits per heavy atom. The number of nitrogens with one attached hydrogen (secondary N) is 1. The average Bonchev–Trinajstić information content (AvgIpc) is 3.54. The molecule has 1 unspecified atom stereocenters. The molecule has 1 aromatic carbocycles. The molecule has 10 atom stereocenters. The molecule has 0 aromatic heterocycles.